The normalized spacial score (nSPS) is 16.7. The average Bonchev–Trinajstić information content (AvgIpc) is 3.52. The summed E-state index contributed by atoms with van der Waals surface area (Å²) in [4.78, 5) is 30.9. The van der Waals surface area contributed by atoms with Gasteiger partial charge in [0, 0.05) is 29.3 Å². The van der Waals surface area contributed by atoms with Crippen molar-refractivity contribution >= 4 is 45.8 Å². The van der Waals surface area contributed by atoms with Gasteiger partial charge in [-0.15, -0.1) is 11.3 Å². The van der Waals surface area contributed by atoms with Crippen LogP contribution in [0.1, 0.15) is 17.7 Å². The van der Waals surface area contributed by atoms with Gasteiger partial charge in [-0.1, -0.05) is 24.3 Å². The Balaban J connectivity index is 1.49. The Morgan fingerprint density at radius 1 is 0.767 bits per heavy atom. The smallest absolute Gasteiger partial charge is 0.282 e. The van der Waals surface area contributed by atoms with Gasteiger partial charge in [-0.25, -0.2) is 4.90 Å². The second kappa shape index (κ2) is 7.80. The van der Waals surface area contributed by atoms with E-state index >= 15 is 0 Å². The van der Waals surface area contributed by atoms with E-state index in [-0.39, 0.29) is 11.8 Å². The quantitative estimate of drug-likeness (QED) is 0.612. The third-order valence-electron chi connectivity index (χ3n) is 5.47. The van der Waals surface area contributed by atoms with Crippen molar-refractivity contribution in [3.63, 3.8) is 0 Å². The number of para-hydroxylation sites is 1. The Labute approximate surface area is 179 Å². The number of imide groups is 1. The summed E-state index contributed by atoms with van der Waals surface area (Å²) in [6.07, 6.45) is 2.45. The maximum absolute atomic E-state index is 13.3. The van der Waals surface area contributed by atoms with E-state index < -0.39 is 0 Å². The maximum Gasteiger partial charge on any atom is 0.282 e. The summed E-state index contributed by atoms with van der Waals surface area (Å²) in [6, 6.07) is 20.9. The number of hydrogen-bond donors (Lipinski definition) is 1. The van der Waals surface area contributed by atoms with Gasteiger partial charge in [0.1, 0.15) is 5.70 Å². The third kappa shape index (κ3) is 3.29. The molecule has 5 rings (SSSR count). The Morgan fingerprint density at radius 2 is 1.50 bits per heavy atom. The zero-order valence-corrected chi connectivity index (χ0v) is 17.2. The lowest BCUT2D eigenvalue weighted by Gasteiger charge is -2.18. The highest BCUT2D eigenvalue weighted by atomic mass is 32.1. The van der Waals surface area contributed by atoms with Gasteiger partial charge in [0.05, 0.1) is 11.3 Å². The van der Waals surface area contributed by atoms with E-state index in [2.05, 4.69) is 22.3 Å². The first-order valence-electron chi connectivity index (χ1n) is 10.1. The SMILES string of the molecule is O=C1C(Nc2ccc(N3CCCC3)cc2)=C(c2cccs2)C(=O)N1c1ccccc1. The first kappa shape index (κ1) is 18.6. The number of nitrogens with zero attached hydrogens (tertiary/aromatic N) is 2. The fourth-order valence-electron chi connectivity index (χ4n) is 3.98. The van der Waals surface area contributed by atoms with Crippen molar-refractivity contribution in [1.82, 2.24) is 0 Å². The molecule has 3 heterocycles. The lowest BCUT2D eigenvalue weighted by atomic mass is 10.1. The molecule has 0 saturated carbocycles. The molecule has 2 amide bonds. The van der Waals surface area contributed by atoms with Crippen LogP contribution in [-0.2, 0) is 9.59 Å². The standard InChI is InChI=1S/C24H21N3O2S/c28-23-21(20-9-6-16-30-20)22(24(29)27(23)19-7-2-1-3-8-19)25-17-10-12-18(13-11-17)26-14-4-5-15-26/h1-3,6-13,16,25H,4-5,14-15H2. The second-order valence-corrected chi connectivity index (χ2v) is 8.32. The number of carbonyl (C=O) groups is 2. The highest BCUT2D eigenvalue weighted by molar-refractivity contribution is 7.11. The molecular formula is C24H21N3O2S. The summed E-state index contributed by atoms with van der Waals surface area (Å²) in [5, 5.41) is 5.14. The fraction of sp³-hybridized carbons (Fsp3) is 0.167. The Kier molecular flexibility index (Phi) is 4.85. The summed E-state index contributed by atoms with van der Waals surface area (Å²) < 4.78 is 0. The molecule has 2 aliphatic rings. The van der Waals surface area contributed by atoms with Crippen LogP contribution in [0.2, 0.25) is 0 Å². The molecule has 30 heavy (non-hydrogen) atoms. The first-order chi connectivity index (χ1) is 14.7. The zero-order valence-electron chi connectivity index (χ0n) is 16.4. The van der Waals surface area contributed by atoms with Gasteiger partial charge in [-0.2, -0.15) is 0 Å². The molecule has 1 N–H and O–H groups in total. The van der Waals surface area contributed by atoms with E-state index in [0.717, 1.165) is 23.7 Å². The maximum atomic E-state index is 13.3. The number of hydrogen-bond acceptors (Lipinski definition) is 5. The van der Waals surface area contributed by atoms with Crippen LogP contribution in [0.15, 0.2) is 77.8 Å². The summed E-state index contributed by atoms with van der Waals surface area (Å²) in [6.45, 7) is 2.17. The van der Waals surface area contributed by atoms with Gasteiger partial charge in [-0.05, 0) is 60.7 Å². The average molecular weight is 416 g/mol. The van der Waals surface area contributed by atoms with Gasteiger partial charge < -0.3 is 10.2 Å². The molecule has 150 valence electrons. The number of amides is 2. The van der Waals surface area contributed by atoms with Gasteiger partial charge in [0.25, 0.3) is 11.8 Å². The molecule has 6 heteroatoms. The second-order valence-electron chi connectivity index (χ2n) is 7.37. The van der Waals surface area contributed by atoms with Crippen molar-refractivity contribution < 1.29 is 9.59 Å². The molecule has 1 fully saturated rings. The zero-order chi connectivity index (χ0) is 20.5. The van der Waals surface area contributed by atoms with E-state index in [9.17, 15) is 9.59 Å². The summed E-state index contributed by atoms with van der Waals surface area (Å²) in [7, 11) is 0. The molecule has 5 nitrogen and oxygen atoms in total. The van der Waals surface area contributed by atoms with Gasteiger partial charge in [0.2, 0.25) is 0 Å². The minimum absolute atomic E-state index is 0.301. The lowest BCUT2D eigenvalue weighted by Crippen LogP contribution is -2.32. The van der Waals surface area contributed by atoms with Crippen LogP contribution in [0.4, 0.5) is 17.1 Å². The van der Waals surface area contributed by atoms with Crippen molar-refractivity contribution in [3.8, 4) is 0 Å². The van der Waals surface area contributed by atoms with Crippen LogP contribution in [0.5, 0.6) is 0 Å². The fourth-order valence-corrected chi connectivity index (χ4v) is 4.75. The monoisotopic (exact) mass is 415 g/mol. The van der Waals surface area contributed by atoms with Crippen molar-refractivity contribution in [1.29, 1.82) is 0 Å². The minimum Gasteiger partial charge on any atom is -0.372 e. The molecule has 1 aromatic heterocycles. The number of benzene rings is 2. The Hall–Kier alpha value is -3.38. The molecule has 0 bridgehead atoms. The van der Waals surface area contributed by atoms with E-state index in [4.69, 9.17) is 0 Å². The van der Waals surface area contributed by atoms with Crippen molar-refractivity contribution in [2.24, 2.45) is 0 Å². The minimum atomic E-state index is -0.335. The summed E-state index contributed by atoms with van der Waals surface area (Å²) in [5.74, 6) is -0.636. The highest BCUT2D eigenvalue weighted by Crippen LogP contribution is 2.35. The van der Waals surface area contributed by atoms with Crippen molar-refractivity contribution in [2.75, 3.05) is 28.2 Å². The molecular weight excluding hydrogens is 394 g/mol. The van der Waals surface area contributed by atoms with Crippen LogP contribution in [0.3, 0.4) is 0 Å². The Bertz CT molecular complexity index is 1100. The third-order valence-corrected chi connectivity index (χ3v) is 6.36. The molecule has 2 aliphatic heterocycles. The van der Waals surface area contributed by atoms with Crippen LogP contribution in [-0.4, -0.2) is 24.9 Å². The van der Waals surface area contributed by atoms with Crippen molar-refractivity contribution in [3.05, 3.63) is 82.7 Å². The van der Waals surface area contributed by atoms with Gasteiger partial charge in [-0.3, -0.25) is 9.59 Å². The molecule has 1 saturated heterocycles. The number of thiophene rings is 1. The number of anilines is 3. The van der Waals surface area contributed by atoms with Crippen LogP contribution >= 0.6 is 11.3 Å². The predicted molar refractivity (Wildman–Crippen MR) is 122 cm³/mol. The molecule has 2 aromatic carbocycles. The van der Waals surface area contributed by atoms with Crippen LogP contribution < -0.4 is 15.1 Å². The molecule has 0 spiro atoms. The lowest BCUT2D eigenvalue weighted by molar-refractivity contribution is -0.120. The molecule has 3 aromatic rings. The predicted octanol–water partition coefficient (Wildman–Crippen LogP) is 4.74. The number of nitrogens with one attached hydrogen (secondary N) is 1. The largest absolute Gasteiger partial charge is 0.372 e. The molecule has 0 unspecified atom stereocenters. The first-order valence-corrected chi connectivity index (χ1v) is 10.9. The van der Waals surface area contributed by atoms with Gasteiger partial charge >= 0.3 is 0 Å². The van der Waals surface area contributed by atoms with E-state index in [1.807, 2.05) is 47.8 Å². The number of rotatable bonds is 5. The molecule has 0 atom stereocenters. The number of carbonyl (C=O) groups excluding carboxylic acids is 2. The Morgan fingerprint density at radius 3 is 2.17 bits per heavy atom. The summed E-state index contributed by atoms with van der Waals surface area (Å²) in [5.41, 5.74) is 3.29. The molecule has 0 aliphatic carbocycles. The van der Waals surface area contributed by atoms with Crippen LogP contribution in [0.25, 0.3) is 5.57 Å². The van der Waals surface area contributed by atoms with E-state index in [0.29, 0.717) is 17.0 Å². The van der Waals surface area contributed by atoms with Crippen molar-refractivity contribution in [2.45, 2.75) is 12.8 Å². The topological polar surface area (TPSA) is 52.7 Å². The van der Waals surface area contributed by atoms with Gasteiger partial charge in [0.15, 0.2) is 0 Å². The highest BCUT2D eigenvalue weighted by Gasteiger charge is 2.40. The van der Waals surface area contributed by atoms with E-state index in [1.165, 1.54) is 34.8 Å². The summed E-state index contributed by atoms with van der Waals surface area (Å²) >= 11 is 1.45. The van der Waals surface area contributed by atoms with E-state index in [1.54, 1.807) is 12.1 Å². The van der Waals surface area contributed by atoms with Crippen LogP contribution in [0, 0.1) is 0 Å². The molecule has 0 radical (unpaired) electrons.